The molecule has 0 aromatic rings. The van der Waals surface area contributed by atoms with E-state index in [1.807, 2.05) is 11.8 Å². The second-order valence-electron chi connectivity index (χ2n) is 3.19. The summed E-state index contributed by atoms with van der Waals surface area (Å²) in [7, 11) is 0. The van der Waals surface area contributed by atoms with E-state index in [0.717, 1.165) is 17.4 Å². The summed E-state index contributed by atoms with van der Waals surface area (Å²) in [6.07, 6.45) is 2.29. The van der Waals surface area contributed by atoms with Crippen molar-refractivity contribution in [3.8, 4) is 0 Å². The summed E-state index contributed by atoms with van der Waals surface area (Å²) in [5.41, 5.74) is 5.20. The highest BCUT2D eigenvalue weighted by molar-refractivity contribution is 7.99. The number of carbonyl (C=O) groups excluding carboxylic acids is 1. The molecule has 0 aliphatic carbocycles. The first kappa shape index (κ1) is 9.86. The van der Waals surface area contributed by atoms with Crippen molar-refractivity contribution < 1.29 is 4.79 Å². The maximum absolute atomic E-state index is 10.9. The molecule has 4 heteroatoms. The fourth-order valence-electron chi connectivity index (χ4n) is 1.28. The molecule has 0 aromatic heterocycles. The predicted octanol–water partition coefficient (Wildman–Crippen LogP) is 0.345. The molecule has 0 spiro atoms. The van der Waals surface area contributed by atoms with Crippen molar-refractivity contribution in [2.75, 3.05) is 12.3 Å². The fraction of sp³-hybridized carbons (Fsp3) is 0.875. The van der Waals surface area contributed by atoms with E-state index in [2.05, 4.69) is 12.2 Å². The van der Waals surface area contributed by atoms with Gasteiger partial charge in [0.05, 0.1) is 6.54 Å². The van der Waals surface area contributed by atoms with Crippen LogP contribution >= 0.6 is 11.8 Å². The van der Waals surface area contributed by atoms with Gasteiger partial charge in [-0.1, -0.05) is 6.92 Å². The van der Waals surface area contributed by atoms with Gasteiger partial charge in [0.2, 0.25) is 5.91 Å². The number of carbonyl (C=O) groups is 1. The highest BCUT2D eigenvalue weighted by atomic mass is 32.2. The zero-order valence-corrected chi connectivity index (χ0v) is 8.19. The third kappa shape index (κ3) is 3.03. The summed E-state index contributed by atoms with van der Waals surface area (Å²) in [6, 6.07) is 0.349. The zero-order valence-electron chi connectivity index (χ0n) is 7.38. The molecule has 12 heavy (non-hydrogen) atoms. The lowest BCUT2D eigenvalue weighted by molar-refractivity contribution is -0.120. The second-order valence-corrected chi connectivity index (χ2v) is 4.66. The Morgan fingerprint density at radius 3 is 2.92 bits per heavy atom. The van der Waals surface area contributed by atoms with Crippen LogP contribution in [0.4, 0.5) is 0 Å². The van der Waals surface area contributed by atoms with Crippen LogP contribution in [-0.2, 0) is 4.79 Å². The molecule has 3 nitrogen and oxygen atoms in total. The maximum atomic E-state index is 10.9. The summed E-state index contributed by atoms with van der Waals surface area (Å²) < 4.78 is 0. The van der Waals surface area contributed by atoms with Crippen molar-refractivity contribution >= 4 is 17.7 Å². The molecule has 1 saturated heterocycles. The van der Waals surface area contributed by atoms with Crippen LogP contribution in [0.15, 0.2) is 0 Å². The standard InChI is InChI=1S/C8H16N2OS/c1-6-2-3-7(5-12-6)10-8(11)4-9/h6-7H,2-5,9H2,1H3,(H,10,11). The Kier molecular flexibility index (Phi) is 3.88. The molecule has 0 bridgehead atoms. The van der Waals surface area contributed by atoms with Crippen LogP contribution < -0.4 is 11.1 Å². The molecule has 3 N–H and O–H groups in total. The van der Waals surface area contributed by atoms with Crippen LogP contribution in [0.2, 0.25) is 0 Å². The van der Waals surface area contributed by atoms with Gasteiger partial charge in [-0.05, 0) is 12.8 Å². The van der Waals surface area contributed by atoms with Gasteiger partial charge in [0.1, 0.15) is 0 Å². The predicted molar refractivity (Wildman–Crippen MR) is 52.1 cm³/mol. The molecule has 1 aliphatic rings. The average Bonchev–Trinajstić information content (AvgIpc) is 2.09. The van der Waals surface area contributed by atoms with Crippen molar-refractivity contribution in [1.29, 1.82) is 0 Å². The topological polar surface area (TPSA) is 55.1 Å². The lowest BCUT2D eigenvalue weighted by Crippen LogP contribution is -2.42. The Balaban J connectivity index is 2.21. The van der Waals surface area contributed by atoms with E-state index in [1.54, 1.807) is 0 Å². The Morgan fingerprint density at radius 2 is 2.42 bits per heavy atom. The Morgan fingerprint density at radius 1 is 1.67 bits per heavy atom. The average molecular weight is 188 g/mol. The van der Waals surface area contributed by atoms with Gasteiger partial charge in [0, 0.05) is 17.0 Å². The maximum Gasteiger partial charge on any atom is 0.233 e. The monoisotopic (exact) mass is 188 g/mol. The molecule has 1 fully saturated rings. The number of hydrogen-bond donors (Lipinski definition) is 2. The SMILES string of the molecule is CC1CCC(NC(=O)CN)CS1. The van der Waals surface area contributed by atoms with Crippen molar-refractivity contribution in [2.45, 2.75) is 31.1 Å². The van der Waals surface area contributed by atoms with Crippen LogP contribution in [0.5, 0.6) is 0 Å². The Hall–Kier alpha value is -0.220. The van der Waals surface area contributed by atoms with E-state index >= 15 is 0 Å². The van der Waals surface area contributed by atoms with Crippen molar-refractivity contribution in [2.24, 2.45) is 5.73 Å². The summed E-state index contributed by atoms with van der Waals surface area (Å²) in [5, 5.41) is 3.65. The smallest absolute Gasteiger partial charge is 0.233 e. The van der Waals surface area contributed by atoms with Crippen LogP contribution in [0.1, 0.15) is 19.8 Å². The molecular formula is C8H16N2OS. The molecule has 1 heterocycles. The molecule has 70 valence electrons. The quantitative estimate of drug-likeness (QED) is 0.657. The fourth-order valence-corrected chi connectivity index (χ4v) is 2.40. The minimum Gasteiger partial charge on any atom is -0.351 e. The highest BCUT2D eigenvalue weighted by Crippen LogP contribution is 2.24. The number of hydrogen-bond acceptors (Lipinski definition) is 3. The minimum atomic E-state index is -0.0323. The van der Waals surface area contributed by atoms with Crippen molar-refractivity contribution in [3.63, 3.8) is 0 Å². The first-order chi connectivity index (χ1) is 5.72. The Bertz CT molecular complexity index is 155. The number of nitrogens with two attached hydrogens (primary N) is 1. The van der Waals surface area contributed by atoms with Crippen LogP contribution in [0.25, 0.3) is 0 Å². The number of amides is 1. The van der Waals surface area contributed by atoms with Gasteiger partial charge < -0.3 is 11.1 Å². The minimum absolute atomic E-state index is 0.0323. The molecule has 1 rings (SSSR count). The summed E-state index contributed by atoms with van der Waals surface area (Å²) in [5.74, 6) is 1.00. The van der Waals surface area contributed by atoms with Crippen molar-refractivity contribution in [3.05, 3.63) is 0 Å². The molecule has 2 atom stereocenters. The second kappa shape index (κ2) is 4.72. The molecule has 0 aromatic carbocycles. The third-order valence-electron chi connectivity index (χ3n) is 2.05. The molecule has 1 aliphatic heterocycles. The van der Waals surface area contributed by atoms with E-state index in [9.17, 15) is 4.79 Å². The largest absolute Gasteiger partial charge is 0.351 e. The summed E-state index contributed by atoms with van der Waals surface area (Å²) >= 11 is 1.92. The van der Waals surface area contributed by atoms with Gasteiger partial charge in [-0.15, -0.1) is 0 Å². The number of rotatable bonds is 2. The summed E-state index contributed by atoms with van der Waals surface area (Å²) in [6.45, 7) is 2.34. The van der Waals surface area contributed by atoms with Crippen molar-refractivity contribution in [1.82, 2.24) is 5.32 Å². The third-order valence-corrected chi connectivity index (χ3v) is 3.45. The van der Waals surface area contributed by atoms with Gasteiger partial charge >= 0.3 is 0 Å². The Labute approximate surface area is 77.5 Å². The molecule has 1 amide bonds. The van der Waals surface area contributed by atoms with E-state index in [0.29, 0.717) is 6.04 Å². The van der Waals surface area contributed by atoms with E-state index in [4.69, 9.17) is 5.73 Å². The summed E-state index contributed by atoms with van der Waals surface area (Å²) in [4.78, 5) is 10.9. The van der Waals surface area contributed by atoms with E-state index in [-0.39, 0.29) is 12.5 Å². The lowest BCUT2D eigenvalue weighted by Gasteiger charge is -2.26. The van der Waals surface area contributed by atoms with E-state index < -0.39 is 0 Å². The number of thioether (sulfide) groups is 1. The van der Waals surface area contributed by atoms with Crippen LogP contribution in [0.3, 0.4) is 0 Å². The van der Waals surface area contributed by atoms with Gasteiger partial charge in [-0.3, -0.25) is 4.79 Å². The van der Waals surface area contributed by atoms with Gasteiger partial charge in [-0.25, -0.2) is 0 Å². The van der Waals surface area contributed by atoms with Gasteiger partial charge in [0.15, 0.2) is 0 Å². The molecule has 2 unspecified atom stereocenters. The first-order valence-corrected chi connectivity index (χ1v) is 5.38. The molecule has 0 radical (unpaired) electrons. The molecular weight excluding hydrogens is 172 g/mol. The molecule has 0 saturated carbocycles. The van der Waals surface area contributed by atoms with Crippen LogP contribution in [-0.4, -0.2) is 29.5 Å². The van der Waals surface area contributed by atoms with Gasteiger partial charge in [0.25, 0.3) is 0 Å². The zero-order chi connectivity index (χ0) is 8.97. The normalized spacial score (nSPS) is 29.8. The van der Waals surface area contributed by atoms with Gasteiger partial charge in [-0.2, -0.15) is 11.8 Å². The van der Waals surface area contributed by atoms with Crippen LogP contribution in [0, 0.1) is 0 Å². The van der Waals surface area contributed by atoms with E-state index in [1.165, 1.54) is 6.42 Å². The first-order valence-electron chi connectivity index (χ1n) is 4.33. The lowest BCUT2D eigenvalue weighted by atomic mass is 10.1. The number of nitrogens with one attached hydrogen (secondary N) is 1. The highest BCUT2D eigenvalue weighted by Gasteiger charge is 2.19.